The fourth-order valence-corrected chi connectivity index (χ4v) is 4.95. The van der Waals surface area contributed by atoms with E-state index in [2.05, 4.69) is 44.0 Å². The molecule has 0 unspecified atom stereocenters. The molecule has 4 heterocycles. The molecule has 4 rings (SSSR count). The SMILES string of the molecule is C[C@@H]1CCCN(C2CCN(Cc3cnc(N4CCCCC4)nc3)CC2)C1. The van der Waals surface area contributed by atoms with Crippen LogP contribution in [-0.4, -0.2) is 65.1 Å². The van der Waals surface area contributed by atoms with Crippen molar-refractivity contribution >= 4 is 5.95 Å². The second-order valence-corrected chi connectivity index (χ2v) is 8.69. The van der Waals surface area contributed by atoms with Crippen LogP contribution in [0.3, 0.4) is 0 Å². The topological polar surface area (TPSA) is 35.5 Å². The van der Waals surface area contributed by atoms with E-state index in [1.807, 2.05) is 0 Å². The smallest absolute Gasteiger partial charge is 0.225 e. The Morgan fingerprint density at radius 3 is 2.31 bits per heavy atom. The number of hydrogen-bond acceptors (Lipinski definition) is 5. The molecular weight excluding hydrogens is 322 g/mol. The maximum absolute atomic E-state index is 4.64. The first kappa shape index (κ1) is 18.2. The minimum absolute atomic E-state index is 0.812. The first-order valence-corrected chi connectivity index (χ1v) is 10.8. The number of piperidine rings is 3. The van der Waals surface area contributed by atoms with Gasteiger partial charge in [0.15, 0.2) is 0 Å². The lowest BCUT2D eigenvalue weighted by atomic mass is 9.95. The second-order valence-electron chi connectivity index (χ2n) is 8.69. The summed E-state index contributed by atoms with van der Waals surface area (Å²) >= 11 is 0. The number of hydrogen-bond donors (Lipinski definition) is 0. The summed E-state index contributed by atoms with van der Waals surface area (Å²) in [5.74, 6) is 1.81. The van der Waals surface area contributed by atoms with Crippen molar-refractivity contribution < 1.29 is 0 Å². The Morgan fingerprint density at radius 2 is 1.62 bits per heavy atom. The molecule has 1 atom stereocenters. The van der Waals surface area contributed by atoms with Gasteiger partial charge in [0.2, 0.25) is 5.95 Å². The fraction of sp³-hybridized carbons (Fsp3) is 0.810. The molecule has 3 saturated heterocycles. The maximum Gasteiger partial charge on any atom is 0.225 e. The quantitative estimate of drug-likeness (QED) is 0.827. The zero-order valence-electron chi connectivity index (χ0n) is 16.4. The molecule has 144 valence electrons. The average Bonchev–Trinajstić information content (AvgIpc) is 2.70. The Morgan fingerprint density at radius 1 is 0.885 bits per heavy atom. The molecule has 0 bridgehead atoms. The normalized spacial score (nSPS) is 27.0. The van der Waals surface area contributed by atoms with E-state index in [1.165, 1.54) is 76.7 Å². The largest absolute Gasteiger partial charge is 0.341 e. The first-order valence-electron chi connectivity index (χ1n) is 10.8. The van der Waals surface area contributed by atoms with Crippen LogP contribution in [0.2, 0.25) is 0 Å². The standard InChI is InChI=1S/C21H35N5/c1-18-6-5-11-26(16-18)20-7-12-24(13-8-20)17-19-14-22-21(23-15-19)25-9-3-2-4-10-25/h14-15,18,20H,2-13,16-17H2,1H3/t18-/m1/s1. The molecule has 0 spiro atoms. The fourth-order valence-electron chi connectivity index (χ4n) is 4.95. The molecule has 0 N–H and O–H groups in total. The van der Waals surface area contributed by atoms with Crippen LogP contribution in [0.5, 0.6) is 0 Å². The first-order chi connectivity index (χ1) is 12.8. The van der Waals surface area contributed by atoms with E-state index in [0.717, 1.165) is 37.5 Å². The Labute approximate surface area is 158 Å². The van der Waals surface area contributed by atoms with Gasteiger partial charge in [-0.05, 0) is 70.5 Å². The summed E-state index contributed by atoms with van der Waals surface area (Å²) in [7, 11) is 0. The van der Waals surface area contributed by atoms with E-state index < -0.39 is 0 Å². The van der Waals surface area contributed by atoms with Gasteiger partial charge in [0.1, 0.15) is 0 Å². The van der Waals surface area contributed by atoms with E-state index in [1.54, 1.807) is 0 Å². The van der Waals surface area contributed by atoms with Crippen molar-refractivity contribution in [2.75, 3.05) is 44.2 Å². The van der Waals surface area contributed by atoms with Gasteiger partial charge in [0, 0.05) is 50.2 Å². The number of aromatic nitrogens is 2. The lowest BCUT2D eigenvalue weighted by Gasteiger charge is -2.41. The predicted octanol–water partition coefficient (Wildman–Crippen LogP) is 3.16. The number of rotatable bonds is 4. The molecule has 1 aromatic rings. The highest BCUT2D eigenvalue weighted by Gasteiger charge is 2.27. The highest BCUT2D eigenvalue weighted by molar-refractivity contribution is 5.30. The summed E-state index contributed by atoms with van der Waals surface area (Å²) in [5.41, 5.74) is 1.26. The van der Waals surface area contributed by atoms with Crippen LogP contribution in [0.4, 0.5) is 5.95 Å². The summed E-state index contributed by atoms with van der Waals surface area (Å²) in [4.78, 5) is 17.0. The molecule has 26 heavy (non-hydrogen) atoms. The third-order valence-electron chi connectivity index (χ3n) is 6.50. The molecule has 5 heteroatoms. The molecule has 0 amide bonds. The summed E-state index contributed by atoms with van der Waals surface area (Å²) in [6.45, 7) is 10.7. The van der Waals surface area contributed by atoms with Crippen molar-refractivity contribution in [2.24, 2.45) is 5.92 Å². The molecule has 0 aromatic carbocycles. The molecule has 3 fully saturated rings. The third-order valence-corrected chi connectivity index (χ3v) is 6.50. The predicted molar refractivity (Wildman–Crippen MR) is 106 cm³/mol. The van der Waals surface area contributed by atoms with Gasteiger partial charge in [0.25, 0.3) is 0 Å². The highest BCUT2D eigenvalue weighted by atomic mass is 15.3. The molecule has 1 aromatic heterocycles. The van der Waals surface area contributed by atoms with E-state index in [9.17, 15) is 0 Å². The monoisotopic (exact) mass is 357 g/mol. The second kappa shape index (κ2) is 8.66. The lowest BCUT2D eigenvalue weighted by Crippen LogP contribution is -2.48. The number of likely N-dealkylation sites (tertiary alicyclic amines) is 2. The van der Waals surface area contributed by atoms with Crippen LogP contribution in [0.1, 0.15) is 57.4 Å². The highest BCUT2D eigenvalue weighted by Crippen LogP contribution is 2.24. The van der Waals surface area contributed by atoms with E-state index >= 15 is 0 Å². The summed E-state index contributed by atoms with van der Waals surface area (Å²) in [6, 6.07) is 0.812. The molecule has 0 saturated carbocycles. The van der Waals surface area contributed by atoms with Crippen molar-refractivity contribution in [3.8, 4) is 0 Å². The van der Waals surface area contributed by atoms with Gasteiger partial charge in [-0.1, -0.05) is 6.92 Å². The lowest BCUT2D eigenvalue weighted by molar-refractivity contribution is 0.0728. The van der Waals surface area contributed by atoms with E-state index in [0.29, 0.717) is 0 Å². The average molecular weight is 358 g/mol. The molecular formula is C21H35N5. The van der Waals surface area contributed by atoms with Gasteiger partial charge in [0.05, 0.1) is 0 Å². The number of anilines is 1. The van der Waals surface area contributed by atoms with Gasteiger partial charge < -0.3 is 9.80 Å². The van der Waals surface area contributed by atoms with Crippen molar-refractivity contribution in [1.29, 1.82) is 0 Å². The zero-order chi connectivity index (χ0) is 17.8. The summed E-state index contributed by atoms with van der Waals surface area (Å²) < 4.78 is 0. The maximum atomic E-state index is 4.64. The summed E-state index contributed by atoms with van der Waals surface area (Å²) in [6.07, 6.45) is 13.4. The number of nitrogens with zero attached hydrogens (tertiary/aromatic N) is 5. The van der Waals surface area contributed by atoms with Crippen molar-refractivity contribution in [2.45, 2.75) is 64.5 Å². The van der Waals surface area contributed by atoms with Crippen LogP contribution >= 0.6 is 0 Å². The van der Waals surface area contributed by atoms with Crippen molar-refractivity contribution in [3.63, 3.8) is 0 Å². The minimum Gasteiger partial charge on any atom is -0.341 e. The van der Waals surface area contributed by atoms with Crippen LogP contribution in [0.25, 0.3) is 0 Å². The molecule has 0 radical (unpaired) electrons. The Balaban J connectivity index is 1.25. The van der Waals surface area contributed by atoms with Crippen molar-refractivity contribution in [1.82, 2.24) is 19.8 Å². The Kier molecular flexibility index (Phi) is 6.05. The molecule has 0 aliphatic carbocycles. The molecule has 3 aliphatic heterocycles. The van der Waals surface area contributed by atoms with Crippen LogP contribution in [-0.2, 0) is 6.54 Å². The minimum atomic E-state index is 0.812. The summed E-state index contributed by atoms with van der Waals surface area (Å²) in [5, 5.41) is 0. The Bertz CT molecular complexity index is 546. The van der Waals surface area contributed by atoms with Crippen molar-refractivity contribution in [3.05, 3.63) is 18.0 Å². The Hall–Kier alpha value is -1.20. The van der Waals surface area contributed by atoms with Crippen LogP contribution in [0, 0.1) is 5.92 Å². The van der Waals surface area contributed by atoms with Gasteiger partial charge >= 0.3 is 0 Å². The molecule has 5 nitrogen and oxygen atoms in total. The van der Waals surface area contributed by atoms with Crippen LogP contribution < -0.4 is 4.90 Å². The van der Waals surface area contributed by atoms with Crippen LogP contribution in [0.15, 0.2) is 12.4 Å². The van der Waals surface area contributed by atoms with Gasteiger partial charge in [-0.3, -0.25) is 4.90 Å². The van der Waals surface area contributed by atoms with Gasteiger partial charge in [-0.2, -0.15) is 0 Å². The van der Waals surface area contributed by atoms with Gasteiger partial charge in [-0.25, -0.2) is 9.97 Å². The molecule has 3 aliphatic rings. The van der Waals surface area contributed by atoms with Gasteiger partial charge in [-0.15, -0.1) is 0 Å². The zero-order valence-corrected chi connectivity index (χ0v) is 16.4. The van der Waals surface area contributed by atoms with E-state index in [4.69, 9.17) is 0 Å². The van der Waals surface area contributed by atoms with E-state index in [-0.39, 0.29) is 0 Å². The third kappa shape index (κ3) is 4.55.